The van der Waals surface area contributed by atoms with Crippen molar-refractivity contribution in [1.29, 1.82) is 0 Å². The molecule has 0 bridgehead atoms. The maximum atomic E-state index is 5.72. The molecule has 0 saturated heterocycles. The van der Waals surface area contributed by atoms with Crippen LogP contribution in [0.1, 0.15) is 0 Å². The number of benzene rings is 9. The fourth-order valence-electron chi connectivity index (χ4n) is 10.5. The third kappa shape index (κ3) is 4.03. The molecule has 14 rings (SSSR count). The summed E-state index contributed by atoms with van der Waals surface area (Å²) >= 11 is 0. The molecule has 0 N–H and O–H groups in total. The standard InChI is InChI=1S/C55H33N5/c1-2-17-34(18-3-1)57-54-50(60-49-32-16-31-48(52(49)56-55(57)60)58-44-27-12-9-24-40(44)41-25-10-13-28-45(41)58)33-43-38-22-7-5-20-36(38)35-19-4-6-21-37(35)39-23-8-14-29-46(39)59-47-30-15-11-26-42(47)51(54)53(43)59/h1-33H. The molecular formula is C55H33N5. The van der Waals surface area contributed by atoms with E-state index in [2.05, 4.69) is 218 Å². The Balaban J connectivity index is 1.28. The van der Waals surface area contributed by atoms with Gasteiger partial charge in [-0.25, -0.2) is 4.98 Å². The van der Waals surface area contributed by atoms with Gasteiger partial charge in [-0.05, 0) is 76.1 Å². The van der Waals surface area contributed by atoms with E-state index >= 15 is 0 Å². The first-order valence-corrected chi connectivity index (χ1v) is 20.6. The van der Waals surface area contributed by atoms with E-state index in [9.17, 15) is 0 Å². The predicted octanol–water partition coefficient (Wildman–Crippen LogP) is 14.1. The molecule has 278 valence electrons. The van der Waals surface area contributed by atoms with Gasteiger partial charge < -0.3 is 8.97 Å². The summed E-state index contributed by atoms with van der Waals surface area (Å²) in [5.41, 5.74) is 12.2. The highest BCUT2D eigenvalue weighted by atomic mass is 15.2. The summed E-state index contributed by atoms with van der Waals surface area (Å²) in [6.45, 7) is 0. The maximum Gasteiger partial charge on any atom is 0.220 e. The predicted molar refractivity (Wildman–Crippen MR) is 251 cm³/mol. The summed E-state index contributed by atoms with van der Waals surface area (Å²) in [5.74, 6) is 0.876. The fraction of sp³-hybridized carbons (Fsp3) is 0. The van der Waals surface area contributed by atoms with E-state index in [0.29, 0.717) is 0 Å². The maximum absolute atomic E-state index is 5.72. The monoisotopic (exact) mass is 763 g/mol. The minimum absolute atomic E-state index is 0.876. The Morgan fingerprint density at radius 2 is 0.767 bits per heavy atom. The Morgan fingerprint density at radius 3 is 1.40 bits per heavy atom. The summed E-state index contributed by atoms with van der Waals surface area (Å²) in [7, 11) is 0. The Morgan fingerprint density at radius 1 is 0.300 bits per heavy atom. The average Bonchev–Trinajstić information content (AvgIpc) is 4.05. The van der Waals surface area contributed by atoms with Gasteiger partial charge in [0.1, 0.15) is 5.52 Å². The van der Waals surface area contributed by atoms with Gasteiger partial charge in [0.15, 0.2) is 0 Å². The lowest BCUT2D eigenvalue weighted by Crippen LogP contribution is -1.97. The zero-order chi connectivity index (χ0) is 39.1. The molecule has 0 radical (unpaired) electrons. The second kappa shape index (κ2) is 11.7. The number of fused-ring (bicyclic) bond motifs is 19. The normalized spacial score (nSPS) is 12.3. The summed E-state index contributed by atoms with van der Waals surface area (Å²) in [5, 5.41) is 12.1. The molecule has 0 aliphatic heterocycles. The van der Waals surface area contributed by atoms with Crippen LogP contribution in [0.2, 0.25) is 0 Å². The van der Waals surface area contributed by atoms with Crippen molar-refractivity contribution in [1.82, 2.24) is 22.9 Å². The Bertz CT molecular complexity index is 4130. The molecule has 0 spiro atoms. The van der Waals surface area contributed by atoms with E-state index < -0.39 is 0 Å². The molecule has 5 heteroatoms. The molecule has 5 heterocycles. The molecule has 0 aliphatic rings. The third-order valence-corrected chi connectivity index (χ3v) is 12.9. The largest absolute Gasteiger partial charge is 0.308 e. The molecule has 0 atom stereocenters. The highest BCUT2D eigenvalue weighted by Crippen LogP contribution is 2.45. The van der Waals surface area contributed by atoms with Crippen molar-refractivity contribution in [3.63, 3.8) is 0 Å². The van der Waals surface area contributed by atoms with Crippen molar-refractivity contribution >= 4 is 109 Å². The van der Waals surface area contributed by atoms with Crippen molar-refractivity contribution < 1.29 is 0 Å². The Labute approximate surface area is 342 Å². The molecule has 9 aromatic carbocycles. The molecule has 0 unspecified atom stereocenters. The van der Waals surface area contributed by atoms with Crippen LogP contribution in [0.15, 0.2) is 200 Å². The number of nitrogens with zero attached hydrogens (tertiary/aromatic N) is 5. The molecule has 0 saturated carbocycles. The lowest BCUT2D eigenvalue weighted by molar-refractivity contribution is 1.11. The molecule has 0 amide bonds. The first-order chi connectivity index (χ1) is 29.8. The molecular weight excluding hydrogens is 731 g/mol. The van der Waals surface area contributed by atoms with Crippen LogP contribution in [0, 0.1) is 0 Å². The number of hydrogen-bond acceptors (Lipinski definition) is 1. The minimum atomic E-state index is 0.876. The number of hydrogen-bond donors (Lipinski definition) is 0. The summed E-state index contributed by atoms with van der Waals surface area (Å²) < 4.78 is 9.73. The van der Waals surface area contributed by atoms with E-state index in [4.69, 9.17) is 4.98 Å². The average molecular weight is 764 g/mol. The zero-order valence-electron chi connectivity index (χ0n) is 32.3. The second-order valence-electron chi connectivity index (χ2n) is 15.9. The lowest BCUT2D eigenvalue weighted by Gasteiger charge is -2.10. The smallest absolute Gasteiger partial charge is 0.220 e. The van der Waals surface area contributed by atoms with Crippen molar-refractivity contribution in [3.05, 3.63) is 200 Å². The van der Waals surface area contributed by atoms with Gasteiger partial charge in [0, 0.05) is 38.0 Å². The van der Waals surface area contributed by atoms with Gasteiger partial charge in [0.05, 0.1) is 49.8 Å². The van der Waals surface area contributed by atoms with Gasteiger partial charge in [-0.2, -0.15) is 0 Å². The zero-order valence-corrected chi connectivity index (χ0v) is 32.3. The molecule has 0 aliphatic carbocycles. The van der Waals surface area contributed by atoms with E-state index in [1.54, 1.807) is 0 Å². The number of aromatic nitrogens is 5. The van der Waals surface area contributed by atoms with E-state index in [0.717, 1.165) is 44.7 Å². The summed E-state index contributed by atoms with van der Waals surface area (Å²) in [6, 6.07) is 73.0. The quantitative estimate of drug-likeness (QED) is 0.173. The van der Waals surface area contributed by atoms with Crippen molar-refractivity contribution in [2.24, 2.45) is 0 Å². The van der Waals surface area contributed by atoms with Gasteiger partial charge in [0.25, 0.3) is 0 Å². The van der Waals surface area contributed by atoms with Crippen LogP contribution in [-0.2, 0) is 0 Å². The van der Waals surface area contributed by atoms with Crippen LogP contribution in [-0.4, -0.2) is 22.9 Å². The van der Waals surface area contributed by atoms with Gasteiger partial charge in [-0.3, -0.25) is 8.97 Å². The summed E-state index contributed by atoms with van der Waals surface area (Å²) in [4.78, 5) is 5.72. The third-order valence-electron chi connectivity index (χ3n) is 12.9. The Kier molecular flexibility index (Phi) is 6.23. The number of rotatable bonds is 2. The highest BCUT2D eigenvalue weighted by molar-refractivity contribution is 6.31. The van der Waals surface area contributed by atoms with Gasteiger partial charge in [0.2, 0.25) is 5.78 Å². The van der Waals surface area contributed by atoms with E-state index in [1.165, 1.54) is 75.9 Å². The van der Waals surface area contributed by atoms with E-state index in [1.807, 2.05) is 0 Å². The van der Waals surface area contributed by atoms with Gasteiger partial charge >= 0.3 is 0 Å². The van der Waals surface area contributed by atoms with Crippen molar-refractivity contribution in [3.8, 4) is 11.4 Å². The molecule has 60 heavy (non-hydrogen) atoms. The van der Waals surface area contributed by atoms with Crippen LogP contribution in [0.25, 0.3) is 121 Å². The first-order valence-electron chi connectivity index (χ1n) is 20.6. The Hall–Kier alpha value is -8.15. The second-order valence-corrected chi connectivity index (χ2v) is 15.9. The topological polar surface area (TPSA) is 31.6 Å². The molecule has 14 aromatic rings. The van der Waals surface area contributed by atoms with Crippen LogP contribution in [0.4, 0.5) is 0 Å². The van der Waals surface area contributed by atoms with Crippen molar-refractivity contribution in [2.75, 3.05) is 0 Å². The first kappa shape index (κ1) is 31.9. The van der Waals surface area contributed by atoms with Crippen LogP contribution in [0.3, 0.4) is 0 Å². The molecule has 5 nitrogen and oxygen atoms in total. The van der Waals surface area contributed by atoms with E-state index in [-0.39, 0.29) is 0 Å². The minimum Gasteiger partial charge on any atom is -0.308 e. The van der Waals surface area contributed by atoms with Crippen LogP contribution < -0.4 is 0 Å². The SMILES string of the molecule is c1ccc(-n2c3c4c5ccccc5n5c6ccccc6c6ccccc6c6ccccc6c(cc3n3c6cccc(-n7c8ccccc8c8ccccc87)c6nc23)c45)cc1. The highest BCUT2D eigenvalue weighted by Gasteiger charge is 2.26. The fourth-order valence-corrected chi connectivity index (χ4v) is 10.5. The number of imidazole rings is 2. The van der Waals surface area contributed by atoms with Crippen LogP contribution in [0.5, 0.6) is 0 Å². The van der Waals surface area contributed by atoms with Crippen molar-refractivity contribution in [2.45, 2.75) is 0 Å². The number of para-hydroxylation sites is 6. The van der Waals surface area contributed by atoms with Gasteiger partial charge in [-0.1, -0.05) is 146 Å². The molecule has 0 fully saturated rings. The molecule has 5 aromatic heterocycles. The lowest BCUT2D eigenvalue weighted by atomic mass is 10.00. The van der Waals surface area contributed by atoms with Crippen LogP contribution >= 0.6 is 0 Å². The van der Waals surface area contributed by atoms with Gasteiger partial charge in [-0.15, -0.1) is 0 Å². The summed E-state index contributed by atoms with van der Waals surface area (Å²) in [6.07, 6.45) is 0.